The molecule has 3 aromatic rings. The highest BCUT2D eigenvalue weighted by Gasteiger charge is 2.79. The molecule has 2 aliphatic heterocycles. The fourth-order valence-electron chi connectivity index (χ4n) is 3.81. The third kappa shape index (κ3) is 5.45. The van der Waals surface area contributed by atoms with E-state index < -0.39 is 29.0 Å². The summed E-state index contributed by atoms with van der Waals surface area (Å²) in [7, 11) is 1.26. The molecule has 7 heteroatoms. The van der Waals surface area contributed by atoms with Crippen molar-refractivity contribution in [3.63, 3.8) is 0 Å². The van der Waals surface area contributed by atoms with Gasteiger partial charge in [0.05, 0.1) is 0 Å². The molecule has 3 aromatic carbocycles. The standard InChI is InChI=1S/C14H14O.C8H8N2O4.C8H10/c1-11-3-7-13(8-4-11)15-14-9-5-12(2)6-10-14;1-3-10-6(13)8(7(10)14)4(11)9(2)5(8)12;1-7-3-5-8(2)6-4-7/h3-10H,1-2H3;3H2,1-2H3;3-6H,1-2H3. The summed E-state index contributed by atoms with van der Waals surface area (Å²) in [6.07, 6.45) is 0. The third-order valence-electron chi connectivity index (χ3n) is 6.19. The minimum atomic E-state index is -1.98. The summed E-state index contributed by atoms with van der Waals surface area (Å²) in [5.41, 5.74) is 3.16. The fourth-order valence-corrected chi connectivity index (χ4v) is 3.81. The number of carbonyl (C=O) groups excluding carboxylic acids is 4. The molecular weight excluding hydrogens is 468 g/mol. The summed E-state index contributed by atoms with van der Waals surface area (Å²) in [5.74, 6) is -1.02. The van der Waals surface area contributed by atoms with Gasteiger partial charge in [0.2, 0.25) is 0 Å². The zero-order valence-electron chi connectivity index (χ0n) is 22.1. The van der Waals surface area contributed by atoms with Gasteiger partial charge in [-0.1, -0.05) is 70.8 Å². The lowest BCUT2D eigenvalue weighted by Crippen LogP contribution is -2.83. The molecule has 0 N–H and O–H groups in total. The number of nitrogens with zero attached hydrogens (tertiary/aromatic N) is 2. The summed E-state index contributed by atoms with van der Waals surface area (Å²) in [6.45, 7) is 10.1. The molecule has 0 bridgehead atoms. The molecule has 2 saturated heterocycles. The molecule has 2 fully saturated rings. The van der Waals surface area contributed by atoms with Crippen LogP contribution in [0.4, 0.5) is 0 Å². The molecule has 0 atom stereocenters. The van der Waals surface area contributed by atoms with Crippen molar-refractivity contribution in [2.45, 2.75) is 34.6 Å². The zero-order valence-corrected chi connectivity index (χ0v) is 22.1. The van der Waals surface area contributed by atoms with Crippen LogP contribution in [0.2, 0.25) is 0 Å². The van der Waals surface area contributed by atoms with Gasteiger partial charge in [-0.05, 0) is 58.9 Å². The minimum absolute atomic E-state index is 0.198. The molecule has 0 saturated carbocycles. The summed E-state index contributed by atoms with van der Waals surface area (Å²) < 4.78 is 5.69. The Morgan fingerprint density at radius 3 is 1.16 bits per heavy atom. The van der Waals surface area contributed by atoms with Crippen molar-refractivity contribution in [3.05, 3.63) is 95.1 Å². The lowest BCUT2D eigenvalue weighted by atomic mass is 9.69. The highest BCUT2D eigenvalue weighted by molar-refractivity contribution is 6.52. The van der Waals surface area contributed by atoms with Crippen LogP contribution in [0.1, 0.15) is 29.2 Å². The molecule has 1 spiro atoms. The highest BCUT2D eigenvalue weighted by Crippen LogP contribution is 2.43. The minimum Gasteiger partial charge on any atom is -0.457 e. The molecule has 0 unspecified atom stereocenters. The Balaban J connectivity index is 0.000000161. The number of carbonyl (C=O) groups is 4. The number of likely N-dealkylation sites (tertiary alicyclic amines) is 2. The maximum absolute atomic E-state index is 11.4. The van der Waals surface area contributed by atoms with Crippen molar-refractivity contribution in [1.29, 1.82) is 0 Å². The Morgan fingerprint density at radius 2 is 0.865 bits per heavy atom. The van der Waals surface area contributed by atoms with Gasteiger partial charge in [-0.25, -0.2) is 0 Å². The van der Waals surface area contributed by atoms with Crippen molar-refractivity contribution in [2.75, 3.05) is 13.6 Å². The van der Waals surface area contributed by atoms with Crippen molar-refractivity contribution < 1.29 is 23.9 Å². The van der Waals surface area contributed by atoms with E-state index in [1.165, 1.54) is 29.3 Å². The van der Waals surface area contributed by atoms with Gasteiger partial charge in [-0.3, -0.25) is 29.0 Å². The largest absolute Gasteiger partial charge is 0.457 e. The van der Waals surface area contributed by atoms with Gasteiger partial charge in [0.1, 0.15) is 11.5 Å². The van der Waals surface area contributed by atoms with Crippen molar-refractivity contribution in [2.24, 2.45) is 5.41 Å². The smallest absolute Gasteiger partial charge is 0.284 e. The number of imide groups is 2. The van der Waals surface area contributed by atoms with E-state index in [-0.39, 0.29) is 6.54 Å². The van der Waals surface area contributed by atoms with Gasteiger partial charge < -0.3 is 4.74 Å². The monoisotopic (exact) mass is 500 g/mol. The van der Waals surface area contributed by atoms with Gasteiger partial charge in [-0.2, -0.15) is 0 Å². The van der Waals surface area contributed by atoms with E-state index in [2.05, 4.69) is 52.0 Å². The van der Waals surface area contributed by atoms with E-state index in [9.17, 15) is 19.2 Å². The predicted octanol–water partition coefficient (Wildman–Crippen LogP) is 4.76. The number of β-lactam (4-membered cyclic amide) rings is 4. The van der Waals surface area contributed by atoms with Crippen LogP contribution in [0.5, 0.6) is 11.5 Å². The average molecular weight is 501 g/mol. The second-order valence-corrected chi connectivity index (χ2v) is 9.16. The summed E-state index contributed by atoms with van der Waals surface area (Å²) >= 11 is 0. The van der Waals surface area contributed by atoms with Gasteiger partial charge >= 0.3 is 0 Å². The Morgan fingerprint density at radius 1 is 0.568 bits per heavy atom. The Kier molecular flexibility index (Phi) is 8.28. The van der Waals surface area contributed by atoms with Crippen LogP contribution in [-0.4, -0.2) is 47.0 Å². The van der Waals surface area contributed by atoms with Crippen LogP contribution in [0.25, 0.3) is 0 Å². The van der Waals surface area contributed by atoms with E-state index in [1.807, 2.05) is 48.5 Å². The van der Waals surface area contributed by atoms with Crippen LogP contribution in [0.15, 0.2) is 72.8 Å². The van der Waals surface area contributed by atoms with Crippen LogP contribution >= 0.6 is 0 Å². The average Bonchev–Trinajstić information content (AvgIpc) is 2.89. The molecule has 5 rings (SSSR count). The molecule has 4 amide bonds. The van der Waals surface area contributed by atoms with Crippen LogP contribution in [0, 0.1) is 33.1 Å². The zero-order chi connectivity index (χ0) is 27.3. The van der Waals surface area contributed by atoms with Gasteiger partial charge in [-0.15, -0.1) is 0 Å². The summed E-state index contributed by atoms with van der Waals surface area (Å²) in [5, 5.41) is 0. The van der Waals surface area contributed by atoms with Crippen molar-refractivity contribution in [3.8, 4) is 11.5 Å². The van der Waals surface area contributed by atoms with Gasteiger partial charge in [0.25, 0.3) is 29.0 Å². The number of aryl methyl sites for hydroxylation is 4. The van der Waals surface area contributed by atoms with Crippen LogP contribution in [-0.2, 0) is 19.2 Å². The molecule has 2 aliphatic rings. The molecule has 0 aliphatic carbocycles. The van der Waals surface area contributed by atoms with Gasteiger partial charge in [0.15, 0.2) is 0 Å². The Labute approximate surface area is 217 Å². The van der Waals surface area contributed by atoms with E-state index in [0.29, 0.717) is 0 Å². The molecular formula is C30H32N2O5. The fraction of sp³-hybridized carbons (Fsp3) is 0.267. The van der Waals surface area contributed by atoms with E-state index in [4.69, 9.17) is 4.74 Å². The maximum atomic E-state index is 11.4. The molecule has 7 nitrogen and oxygen atoms in total. The number of benzene rings is 3. The number of rotatable bonds is 3. The number of ether oxygens (including phenoxy) is 1. The quantitative estimate of drug-likeness (QED) is 0.383. The maximum Gasteiger partial charge on any atom is 0.284 e. The number of amides is 4. The van der Waals surface area contributed by atoms with E-state index >= 15 is 0 Å². The van der Waals surface area contributed by atoms with Crippen LogP contribution in [0.3, 0.4) is 0 Å². The van der Waals surface area contributed by atoms with Crippen molar-refractivity contribution in [1.82, 2.24) is 9.80 Å². The molecule has 0 radical (unpaired) electrons. The topological polar surface area (TPSA) is 84.0 Å². The van der Waals surface area contributed by atoms with Crippen LogP contribution < -0.4 is 4.74 Å². The number of hydrogen-bond donors (Lipinski definition) is 0. The van der Waals surface area contributed by atoms with Gasteiger partial charge in [0, 0.05) is 13.6 Å². The summed E-state index contributed by atoms with van der Waals surface area (Å²) in [4.78, 5) is 47.1. The lowest BCUT2D eigenvalue weighted by Gasteiger charge is -2.51. The second-order valence-electron chi connectivity index (χ2n) is 9.16. The first-order chi connectivity index (χ1) is 17.5. The summed E-state index contributed by atoms with van der Waals surface area (Å²) in [6, 6.07) is 24.6. The molecule has 37 heavy (non-hydrogen) atoms. The predicted molar refractivity (Wildman–Crippen MR) is 141 cm³/mol. The molecule has 192 valence electrons. The highest BCUT2D eigenvalue weighted by atomic mass is 16.5. The molecule has 0 aromatic heterocycles. The second kappa shape index (κ2) is 11.2. The normalized spacial score (nSPS) is 15.2. The van der Waals surface area contributed by atoms with E-state index in [0.717, 1.165) is 21.3 Å². The third-order valence-corrected chi connectivity index (χ3v) is 6.19. The van der Waals surface area contributed by atoms with E-state index in [1.54, 1.807) is 6.92 Å². The lowest BCUT2D eigenvalue weighted by molar-refractivity contribution is -0.198. The Bertz CT molecular complexity index is 1200. The number of hydrogen-bond acceptors (Lipinski definition) is 5. The SMILES string of the molecule is CCN1C(=O)C2(C(=O)N(C)C2=O)C1=O.Cc1ccc(C)cc1.Cc1ccc(Oc2ccc(C)cc2)cc1. The first-order valence-corrected chi connectivity index (χ1v) is 12.1. The Hall–Kier alpha value is -4.26. The molecule has 2 heterocycles. The van der Waals surface area contributed by atoms with Crippen molar-refractivity contribution >= 4 is 23.6 Å². The first kappa shape index (κ1) is 27.3. The first-order valence-electron chi connectivity index (χ1n) is 12.1.